The Morgan fingerprint density at radius 2 is 2.12 bits per heavy atom. The van der Waals surface area contributed by atoms with Gasteiger partial charge in [-0.2, -0.15) is 0 Å². The molecule has 84 valence electrons. The zero-order chi connectivity index (χ0) is 11.5. The monoisotopic (exact) mass is 218 g/mol. The molecule has 0 bridgehead atoms. The minimum absolute atomic E-state index is 0.211. The number of pyridine rings is 1. The van der Waals surface area contributed by atoms with Crippen molar-refractivity contribution in [2.45, 2.75) is 13.3 Å². The number of aryl methyl sites for hydroxylation is 1. The number of aromatic nitrogens is 1. The van der Waals surface area contributed by atoms with Gasteiger partial charge in [0, 0.05) is 24.0 Å². The van der Waals surface area contributed by atoms with Crippen molar-refractivity contribution in [3.05, 3.63) is 41.3 Å². The van der Waals surface area contributed by atoms with Crippen LogP contribution in [0, 0.1) is 12.7 Å². The Bertz CT molecular complexity index is 509. The second kappa shape index (κ2) is 4.58. The summed E-state index contributed by atoms with van der Waals surface area (Å²) in [6, 6.07) is 6.70. The van der Waals surface area contributed by atoms with E-state index in [1.165, 1.54) is 12.1 Å². The maximum Gasteiger partial charge on any atom is 0.123 e. The van der Waals surface area contributed by atoms with Crippen molar-refractivity contribution in [1.82, 2.24) is 10.3 Å². The maximum absolute atomic E-state index is 13.0. The summed E-state index contributed by atoms with van der Waals surface area (Å²) in [5, 5.41) is 3.97. The van der Waals surface area contributed by atoms with Crippen LogP contribution in [0.1, 0.15) is 11.3 Å². The minimum atomic E-state index is -0.211. The van der Waals surface area contributed by atoms with E-state index in [-0.39, 0.29) is 5.82 Å². The van der Waals surface area contributed by atoms with Crippen LogP contribution in [0.25, 0.3) is 10.9 Å². The first kappa shape index (κ1) is 11.0. The van der Waals surface area contributed by atoms with Gasteiger partial charge in [-0.05, 0) is 43.8 Å². The average Bonchev–Trinajstić information content (AvgIpc) is 2.26. The highest BCUT2D eigenvalue weighted by Gasteiger charge is 2.03. The van der Waals surface area contributed by atoms with Gasteiger partial charge in [-0.15, -0.1) is 0 Å². The van der Waals surface area contributed by atoms with Crippen LogP contribution in [0.2, 0.25) is 0 Å². The molecular formula is C13H15FN2. The molecule has 0 spiro atoms. The van der Waals surface area contributed by atoms with E-state index in [2.05, 4.69) is 10.3 Å². The Morgan fingerprint density at radius 1 is 1.31 bits per heavy atom. The summed E-state index contributed by atoms with van der Waals surface area (Å²) >= 11 is 0. The SMILES string of the molecule is CNCCc1nc2ccc(F)cc2cc1C. The Balaban J connectivity index is 2.45. The first-order valence-corrected chi connectivity index (χ1v) is 5.41. The number of likely N-dealkylation sites (N-methyl/N-ethyl adjacent to an activating group) is 1. The molecule has 1 N–H and O–H groups in total. The lowest BCUT2D eigenvalue weighted by atomic mass is 10.1. The van der Waals surface area contributed by atoms with Crippen molar-refractivity contribution in [2.75, 3.05) is 13.6 Å². The van der Waals surface area contributed by atoms with Crippen LogP contribution in [-0.4, -0.2) is 18.6 Å². The molecule has 1 heterocycles. The topological polar surface area (TPSA) is 24.9 Å². The molecule has 0 saturated heterocycles. The van der Waals surface area contributed by atoms with Crippen molar-refractivity contribution >= 4 is 10.9 Å². The van der Waals surface area contributed by atoms with Gasteiger partial charge in [-0.1, -0.05) is 0 Å². The van der Waals surface area contributed by atoms with E-state index in [9.17, 15) is 4.39 Å². The smallest absolute Gasteiger partial charge is 0.123 e. The maximum atomic E-state index is 13.0. The number of benzene rings is 1. The van der Waals surface area contributed by atoms with E-state index in [0.29, 0.717) is 0 Å². The van der Waals surface area contributed by atoms with Crippen LogP contribution in [0.15, 0.2) is 24.3 Å². The largest absolute Gasteiger partial charge is 0.319 e. The number of nitrogens with zero attached hydrogens (tertiary/aromatic N) is 1. The molecule has 16 heavy (non-hydrogen) atoms. The molecule has 2 aromatic rings. The molecule has 0 saturated carbocycles. The lowest BCUT2D eigenvalue weighted by Crippen LogP contribution is -2.12. The molecule has 0 aliphatic carbocycles. The minimum Gasteiger partial charge on any atom is -0.319 e. The van der Waals surface area contributed by atoms with Gasteiger partial charge in [-0.3, -0.25) is 4.98 Å². The second-order valence-corrected chi connectivity index (χ2v) is 3.94. The third kappa shape index (κ3) is 2.19. The predicted octanol–water partition coefficient (Wildman–Crippen LogP) is 2.44. The first-order valence-electron chi connectivity index (χ1n) is 5.41. The van der Waals surface area contributed by atoms with Gasteiger partial charge < -0.3 is 5.32 Å². The molecule has 0 unspecified atom stereocenters. The summed E-state index contributed by atoms with van der Waals surface area (Å²) in [5.74, 6) is -0.211. The number of halogens is 1. The fourth-order valence-corrected chi connectivity index (χ4v) is 1.79. The summed E-state index contributed by atoms with van der Waals surface area (Å²) < 4.78 is 13.0. The quantitative estimate of drug-likeness (QED) is 0.856. The Morgan fingerprint density at radius 3 is 2.88 bits per heavy atom. The average molecular weight is 218 g/mol. The molecule has 0 aliphatic rings. The number of rotatable bonds is 3. The van der Waals surface area contributed by atoms with E-state index < -0.39 is 0 Å². The summed E-state index contributed by atoms with van der Waals surface area (Å²) in [5.41, 5.74) is 3.06. The zero-order valence-electron chi connectivity index (χ0n) is 9.55. The number of nitrogens with one attached hydrogen (secondary N) is 1. The van der Waals surface area contributed by atoms with Crippen LogP contribution in [0.3, 0.4) is 0 Å². The van der Waals surface area contributed by atoms with Crippen molar-refractivity contribution in [3.8, 4) is 0 Å². The van der Waals surface area contributed by atoms with Crippen molar-refractivity contribution < 1.29 is 4.39 Å². The van der Waals surface area contributed by atoms with Crippen LogP contribution >= 0.6 is 0 Å². The first-order chi connectivity index (χ1) is 7.70. The fourth-order valence-electron chi connectivity index (χ4n) is 1.79. The molecule has 3 heteroatoms. The van der Waals surface area contributed by atoms with Gasteiger partial charge >= 0.3 is 0 Å². The molecule has 0 amide bonds. The van der Waals surface area contributed by atoms with Gasteiger partial charge in [0.25, 0.3) is 0 Å². The van der Waals surface area contributed by atoms with Crippen molar-refractivity contribution in [3.63, 3.8) is 0 Å². The molecule has 2 nitrogen and oxygen atoms in total. The molecule has 0 atom stereocenters. The van der Waals surface area contributed by atoms with E-state index in [4.69, 9.17) is 0 Å². The molecule has 0 aliphatic heterocycles. The molecule has 0 radical (unpaired) electrons. The Hall–Kier alpha value is -1.48. The molecule has 2 rings (SSSR count). The second-order valence-electron chi connectivity index (χ2n) is 3.94. The number of fused-ring (bicyclic) bond motifs is 1. The predicted molar refractivity (Wildman–Crippen MR) is 64.1 cm³/mol. The fraction of sp³-hybridized carbons (Fsp3) is 0.308. The van der Waals surface area contributed by atoms with Gasteiger partial charge in [0.1, 0.15) is 5.82 Å². The molecule has 1 aromatic heterocycles. The summed E-state index contributed by atoms with van der Waals surface area (Å²) in [6.45, 7) is 2.92. The summed E-state index contributed by atoms with van der Waals surface area (Å²) in [4.78, 5) is 4.55. The number of hydrogen-bond donors (Lipinski definition) is 1. The molecular weight excluding hydrogens is 203 g/mol. The highest BCUT2D eigenvalue weighted by Crippen LogP contribution is 2.17. The third-order valence-corrected chi connectivity index (χ3v) is 2.68. The highest BCUT2D eigenvalue weighted by atomic mass is 19.1. The lowest BCUT2D eigenvalue weighted by molar-refractivity contribution is 0.629. The van der Waals surface area contributed by atoms with Gasteiger partial charge in [-0.25, -0.2) is 4.39 Å². The Labute approximate surface area is 94.5 Å². The van der Waals surface area contributed by atoms with Gasteiger partial charge in [0.2, 0.25) is 0 Å². The third-order valence-electron chi connectivity index (χ3n) is 2.68. The van der Waals surface area contributed by atoms with E-state index in [0.717, 1.165) is 35.1 Å². The Kier molecular flexibility index (Phi) is 3.15. The van der Waals surface area contributed by atoms with Crippen LogP contribution < -0.4 is 5.32 Å². The van der Waals surface area contributed by atoms with Crippen molar-refractivity contribution in [2.24, 2.45) is 0 Å². The zero-order valence-corrected chi connectivity index (χ0v) is 9.55. The molecule has 0 fully saturated rings. The summed E-state index contributed by atoms with van der Waals surface area (Å²) in [7, 11) is 1.92. The normalized spacial score (nSPS) is 10.9. The van der Waals surface area contributed by atoms with Crippen LogP contribution in [0.4, 0.5) is 4.39 Å². The van der Waals surface area contributed by atoms with Gasteiger partial charge in [0.15, 0.2) is 0 Å². The lowest BCUT2D eigenvalue weighted by Gasteiger charge is -2.07. The van der Waals surface area contributed by atoms with E-state index >= 15 is 0 Å². The summed E-state index contributed by atoms with van der Waals surface area (Å²) in [6.07, 6.45) is 0.898. The standard InChI is InChI=1S/C13H15FN2/c1-9-7-10-8-11(14)3-4-13(10)16-12(9)5-6-15-2/h3-4,7-8,15H,5-6H2,1-2H3. The van der Waals surface area contributed by atoms with E-state index in [1.807, 2.05) is 20.0 Å². The van der Waals surface area contributed by atoms with E-state index in [1.54, 1.807) is 6.07 Å². The van der Waals surface area contributed by atoms with Crippen molar-refractivity contribution in [1.29, 1.82) is 0 Å². The molecule has 1 aromatic carbocycles. The van der Waals surface area contributed by atoms with Crippen LogP contribution in [0.5, 0.6) is 0 Å². The highest BCUT2D eigenvalue weighted by molar-refractivity contribution is 5.79. The number of hydrogen-bond acceptors (Lipinski definition) is 2. The van der Waals surface area contributed by atoms with Gasteiger partial charge in [0.05, 0.1) is 5.52 Å². The van der Waals surface area contributed by atoms with Crippen LogP contribution in [-0.2, 0) is 6.42 Å².